The quantitative estimate of drug-likeness (QED) is 0.702. The van der Waals surface area contributed by atoms with Crippen molar-refractivity contribution in [3.05, 3.63) is 40.8 Å². The van der Waals surface area contributed by atoms with E-state index in [1.807, 2.05) is 12.1 Å². The Hall–Kier alpha value is -2.58. The van der Waals surface area contributed by atoms with Crippen molar-refractivity contribution >= 4 is 28.2 Å². The van der Waals surface area contributed by atoms with Gasteiger partial charge in [-0.25, -0.2) is 4.79 Å². The van der Waals surface area contributed by atoms with E-state index in [4.69, 9.17) is 14.2 Å². The van der Waals surface area contributed by atoms with Crippen LogP contribution in [0.1, 0.15) is 48.1 Å². The summed E-state index contributed by atoms with van der Waals surface area (Å²) >= 11 is 1.32. The fourth-order valence-electron chi connectivity index (χ4n) is 3.91. The van der Waals surface area contributed by atoms with Crippen LogP contribution in [0.15, 0.2) is 29.6 Å². The van der Waals surface area contributed by atoms with Gasteiger partial charge in [0, 0.05) is 12.5 Å². The number of likely N-dealkylation sites (tertiary alicyclic amines) is 1. The number of hydrogen-bond donors (Lipinski definition) is 1. The zero-order valence-electron chi connectivity index (χ0n) is 17.0. The van der Waals surface area contributed by atoms with Crippen molar-refractivity contribution in [2.45, 2.75) is 32.2 Å². The predicted molar refractivity (Wildman–Crippen MR) is 115 cm³/mol. The summed E-state index contributed by atoms with van der Waals surface area (Å²) in [4.78, 5) is 26.9. The molecule has 1 atom stereocenters. The highest BCUT2D eigenvalue weighted by molar-refractivity contribution is 7.14. The van der Waals surface area contributed by atoms with Crippen LogP contribution in [-0.2, 0) is 9.53 Å². The Morgan fingerprint density at radius 3 is 2.87 bits per heavy atom. The monoisotopic (exact) mass is 430 g/mol. The van der Waals surface area contributed by atoms with Crippen molar-refractivity contribution in [3.8, 4) is 11.5 Å². The molecule has 2 aliphatic heterocycles. The second kappa shape index (κ2) is 9.49. The van der Waals surface area contributed by atoms with Crippen molar-refractivity contribution in [2.75, 3.05) is 38.2 Å². The Kier molecular flexibility index (Phi) is 6.54. The van der Waals surface area contributed by atoms with E-state index in [1.54, 1.807) is 18.4 Å². The van der Waals surface area contributed by atoms with Gasteiger partial charge in [0.1, 0.15) is 5.00 Å². The van der Waals surface area contributed by atoms with E-state index in [-0.39, 0.29) is 18.5 Å². The molecule has 1 aromatic carbocycles. The van der Waals surface area contributed by atoms with E-state index in [0.29, 0.717) is 30.4 Å². The Bertz CT molecular complexity index is 913. The Balaban J connectivity index is 1.42. The molecule has 1 amide bonds. The summed E-state index contributed by atoms with van der Waals surface area (Å²) in [6, 6.07) is 7.89. The van der Waals surface area contributed by atoms with E-state index >= 15 is 0 Å². The number of fused-ring (bicyclic) bond motifs is 1. The molecular formula is C22H26N2O5S. The molecule has 1 fully saturated rings. The molecular weight excluding hydrogens is 404 g/mol. The van der Waals surface area contributed by atoms with Crippen LogP contribution in [0.25, 0.3) is 0 Å². The first-order valence-corrected chi connectivity index (χ1v) is 11.2. The third-order valence-electron chi connectivity index (χ3n) is 5.28. The van der Waals surface area contributed by atoms with Gasteiger partial charge < -0.3 is 19.5 Å². The zero-order chi connectivity index (χ0) is 20.9. The molecule has 4 rings (SSSR count). The lowest BCUT2D eigenvalue weighted by Gasteiger charge is -2.25. The van der Waals surface area contributed by atoms with Gasteiger partial charge in [-0.1, -0.05) is 6.07 Å². The normalized spacial score (nSPS) is 18.6. The summed E-state index contributed by atoms with van der Waals surface area (Å²) in [6.45, 7) is 4.49. The van der Waals surface area contributed by atoms with E-state index in [1.165, 1.54) is 11.3 Å². The highest BCUT2D eigenvalue weighted by atomic mass is 32.1. The van der Waals surface area contributed by atoms with Gasteiger partial charge in [-0.05, 0) is 55.5 Å². The maximum Gasteiger partial charge on any atom is 0.341 e. The Morgan fingerprint density at radius 2 is 2.03 bits per heavy atom. The van der Waals surface area contributed by atoms with Gasteiger partial charge in [-0.2, -0.15) is 0 Å². The van der Waals surface area contributed by atoms with Gasteiger partial charge in [-0.3, -0.25) is 9.69 Å². The van der Waals surface area contributed by atoms with Gasteiger partial charge in [0.15, 0.2) is 11.5 Å². The van der Waals surface area contributed by atoms with Crippen molar-refractivity contribution in [2.24, 2.45) is 0 Å². The lowest BCUT2D eigenvalue weighted by molar-refractivity contribution is -0.117. The van der Waals surface area contributed by atoms with Gasteiger partial charge >= 0.3 is 5.97 Å². The lowest BCUT2D eigenvalue weighted by Crippen LogP contribution is -2.33. The minimum Gasteiger partial charge on any atom is -0.490 e. The number of amides is 1. The number of ether oxygens (including phenoxy) is 3. The largest absolute Gasteiger partial charge is 0.490 e. The maximum atomic E-state index is 12.7. The van der Waals surface area contributed by atoms with Gasteiger partial charge in [0.25, 0.3) is 0 Å². The molecule has 3 heterocycles. The number of benzene rings is 1. The predicted octanol–water partition coefficient (Wildman–Crippen LogP) is 3.86. The number of hydrogen-bond acceptors (Lipinski definition) is 7. The third kappa shape index (κ3) is 4.60. The van der Waals surface area contributed by atoms with E-state index in [0.717, 1.165) is 42.9 Å². The minimum atomic E-state index is -0.416. The van der Waals surface area contributed by atoms with Crippen molar-refractivity contribution in [1.82, 2.24) is 4.90 Å². The molecule has 0 saturated carbocycles. The van der Waals surface area contributed by atoms with Crippen molar-refractivity contribution in [1.29, 1.82) is 0 Å². The first-order chi connectivity index (χ1) is 14.7. The van der Waals surface area contributed by atoms with Crippen LogP contribution in [0.5, 0.6) is 11.5 Å². The second-order valence-electron chi connectivity index (χ2n) is 7.32. The summed E-state index contributed by atoms with van der Waals surface area (Å²) in [5.41, 5.74) is 1.53. The molecule has 2 aromatic rings. The van der Waals surface area contributed by atoms with Crippen LogP contribution in [0, 0.1) is 0 Å². The highest BCUT2D eigenvalue weighted by Crippen LogP contribution is 2.37. The average molecular weight is 431 g/mol. The number of esters is 1. The fourth-order valence-corrected chi connectivity index (χ4v) is 4.70. The number of nitrogens with one attached hydrogen (secondary N) is 1. The molecule has 1 saturated heterocycles. The van der Waals surface area contributed by atoms with Crippen LogP contribution in [0.4, 0.5) is 5.00 Å². The summed E-state index contributed by atoms with van der Waals surface area (Å²) in [6.07, 6.45) is 2.88. The minimum absolute atomic E-state index is 0.135. The topological polar surface area (TPSA) is 77.1 Å². The van der Waals surface area contributed by atoms with Crippen LogP contribution in [0.2, 0.25) is 0 Å². The number of rotatable bonds is 6. The van der Waals surface area contributed by atoms with Crippen molar-refractivity contribution < 1.29 is 23.8 Å². The summed E-state index contributed by atoms with van der Waals surface area (Å²) < 4.78 is 16.6. The van der Waals surface area contributed by atoms with E-state index < -0.39 is 5.97 Å². The SMILES string of the molecule is CCOC(=O)c1ccsc1NC(=O)CN1CCC[C@@H]1c1ccc2c(c1)OCCCO2. The van der Waals surface area contributed by atoms with Crippen molar-refractivity contribution in [3.63, 3.8) is 0 Å². The molecule has 2 aliphatic rings. The number of carbonyl (C=O) groups excluding carboxylic acids is 2. The standard InChI is InChI=1S/C22H26N2O5S/c1-2-27-22(26)16-8-12-30-21(16)23-20(25)14-24-9-3-5-17(24)15-6-7-18-19(13-15)29-11-4-10-28-18/h6-8,12-13,17H,2-5,9-11,14H2,1H3,(H,23,25)/t17-/m1/s1. The molecule has 30 heavy (non-hydrogen) atoms. The molecule has 7 nitrogen and oxygen atoms in total. The Morgan fingerprint density at radius 1 is 1.20 bits per heavy atom. The molecule has 1 aromatic heterocycles. The molecule has 160 valence electrons. The summed E-state index contributed by atoms with van der Waals surface area (Å²) in [7, 11) is 0. The number of anilines is 1. The van der Waals surface area contributed by atoms with Crippen LogP contribution < -0.4 is 14.8 Å². The number of thiophene rings is 1. The average Bonchev–Trinajstić information content (AvgIpc) is 3.31. The second-order valence-corrected chi connectivity index (χ2v) is 8.23. The summed E-state index contributed by atoms with van der Waals surface area (Å²) in [5, 5.41) is 5.19. The molecule has 0 bridgehead atoms. The smallest absolute Gasteiger partial charge is 0.341 e. The molecule has 0 radical (unpaired) electrons. The molecule has 0 aliphatic carbocycles. The maximum absolute atomic E-state index is 12.7. The van der Waals surface area contributed by atoms with Gasteiger partial charge in [0.05, 0.1) is 31.9 Å². The van der Waals surface area contributed by atoms with Gasteiger partial charge in [-0.15, -0.1) is 11.3 Å². The van der Waals surface area contributed by atoms with E-state index in [9.17, 15) is 9.59 Å². The highest BCUT2D eigenvalue weighted by Gasteiger charge is 2.29. The fraction of sp³-hybridized carbons (Fsp3) is 0.455. The third-order valence-corrected chi connectivity index (χ3v) is 6.11. The van der Waals surface area contributed by atoms with Crippen LogP contribution in [0.3, 0.4) is 0 Å². The van der Waals surface area contributed by atoms with E-state index in [2.05, 4.69) is 16.3 Å². The molecule has 8 heteroatoms. The zero-order valence-corrected chi connectivity index (χ0v) is 17.8. The lowest BCUT2D eigenvalue weighted by atomic mass is 10.0. The number of nitrogens with zero attached hydrogens (tertiary/aromatic N) is 1. The molecule has 1 N–H and O–H groups in total. The number of carbonyl (C=O) groups is 2. The van der Waals surface area contributed by atoms with Crippen LogP contribution in [-0.4, -0.2) is 49.7 Å². The van der Waals surface area contributed by atoms with Crippen LogP contribution >= 0.6 is 11.3 Å². The first-order valence-electron chi connectivity index (χ1n) is 10.3. The summed E-state index contributed by atoms with van der Waals surface area (Å²) in [5.74, 6) is 1.01. The van der Waals surface area contributed by atoms with Gasteiger partial charge in [0.2, 0.25) is 5.91 Å². The molecule has 0 spiro atoms. The Labute approximate surface area is 179 Å². The molecule has 0 unspecified atom stereocenters. The first kappa shape index (κ1) is 20.7.